The number of ketones is 1. The molecule has 1 unspecified atom stereocenters. The average molecular weight is 313 g/mol. The number of ether oxygens (including phenoxy) is 1. The lowest BCUT2D eigenvalue weighted by molar-refractivity contribution is 0.0900. The first kappa shape index (κ1) is 17.5. The monoisotopic (exact) mass is 313 g/mol. The number of piperidine rings is 1. The molecule has 1 atom stereocenters. The van der Waals surface area contributed by atoms with E-state index in [2.05, 4.69) is 19.2 Å². The Kier molecular flexibility index (Phi) is 6.60. The molecule has 0 radical (unpaired) electrons. The Hall–Kier alpha value is -1.87. The van der Waals surface area contributed by atoms with Crippen molar-refractivity contribution in [2.75, 3.05) is 20.2 Å². The van der Waals surface area contributed by atoms with Crippen molar-refractivity contribution < 1.29 is 9.53 Å². The van der Waals surface area contributed by atoms with Crippen LogP contribution in [0.4, 0.5) is 0 Å². The summed E-state index contributed by atoms with van der Waals surface area (Å²) in [7, 11) is 1.66. The number of carbonyl (C=O) groups excluding carboxylic acids is 1. The lowest BCUT2D eigenvalue weighted by Gasteiger charge is -2.21. The minimum Gasteiger partial charge on any atom is -0.497 e. The van der Waals surface area contributed by atoms with Crippen LogP contribution in [-0.4, -0.2) is 26.0 Å². The van der Waals surface area contributed by atoms with Gasteiger partial charge in [0.15, 0.2) is 5.78 Å². The number of rotatable bonds is 3. The molecule has 1 heterocycles. The molecule has 1 fully saturated rings. The highest BCUT2D eigenvalue weighted by atomic mass is 16.5. The van der Waals surface area contributed by atoms with Crippen LogP contribution in [0.2, 0.25) is 0 Å². The Morgan fingerprint density at radius 1 is 1.17 bits per heavy atom. The molecule has 0 aliphatic carbocycles. The quantitative estimate of drug-likeness (QED) is 0.851. The largest absolute Gasteiger partial charge is 0.497 e. The number of Topliss-reactive ketones (excluding diaryl/α,β-unsaturated/α-hetero) is 1. The van der Waals surface area contributed by atoms with Crippen LogP contribution in [-0.2, 0) is 0 Å². The van der Waals surface area contributed by atoms with E-state index in [0.29, 0.717) is 0 Å². The Labute approximate surface area is 139 Å². The van der Waals surface area contributed by atoms with Crippen LogP contribution in [0.25, 0.3) is 10.8 Å². The number of fused-ring (bicyclic) bond motifs is 1. The summed E-state index contributed by atoms with van der Waals surface area (Å²) in [5.41, 5.74) is 0.816. The van der Waals surface area contributed by atoms with Gasteiger partial charge >= 0.3 is 0 Å². The van der Waals surface area contributed by atoms with Crippen LogP contribution in [0.15, 0.2) is 36.4 Å². The second-order valence-corrected chi connectivity index (χ2v) is 6.04. The van der Waals surface area contributed by atoms with Crippen molar-refractivity contribution in [3.8, 4) is 5.75 Å². The van der Waals surface area contributed by atoms with Crippen molar-refractivity contribution in [3.63, 3.8) is 0 Å². The van der Waals surface area contributed by atoms with E-state index in [0.717, 1.165) is 48.0 Å². The van der Waals surface area contributed by atoms with Gasteiger partial charge in [-0.1, -0.05) is 38.5 Å². The van der Waals surface area contributed by atoms with Crippen molar-refractivity contribution in [1.82, 2.24) is 5.32 Å². The lowest BCUT2D eigenvalue weighted by Crippen LogP contribution is -2.34. The van der Waals surface area contributed by atoms with Gasteiger partial charge in [0.2, 0.25) is 0 Å². The van der Waals surface area contributed by atoms with Crippen LogP contribution < -0.4 is 10.1 Å². The summed E-state index contributed by atoms with van der Waals surface area (Å²) >= 11 is 0. The van der Waals surface area contributed by atoms with Crippen molar-refractivity contribution >= 4 is 16.6 Å². The number of carbonyl (C=O) groups is 1. The molecule has 124 valence electrons. The van der Waals surface area contributed by atoms with Gasteiger partial charge in [0.1, 0.15) is 5.75 Å². The molecular formula is C20H27NO2. The van der Waals surface area contributed by atoms with Crippen LogP contribution in [0, 0.1) is 5.92 Å². The van der Waals surface area contributed by atoms with Crippen molar-refractivity contribution in [2.45, 2.75) is 33.1 Å². The summed E-state index contributed by atoms with van der Waals surface area (Å²) in [5.74, 6) is 1.22. The molecule has 1 N–H and O–H groups in total. The Balaban J connectivity index is 0.000000595. The van der Waals surface area contributed by atoms with Gasteiger partial charge < -0.3 is 10.1 Å². The van der Waals surface area contributed by atoms with Gasteiger partial charge in [-0.2, -0.15) is 0 Å². The molecule has 0 saturated carbocycles. The zero-order valence-electron chi connectivity index (χ0n) is 14.4. The number of hydrogen-bond donors (Lipinski definition) is 1. The summed E-state index contributed by atoms with van der Waals surface area (Å²) < 4.78 is 5.22. The van der Waals surface area contributed by atoms with E-state index in [4.69, 9.17) is 4.74 Å². The van der Waals surface area contributed by atoms with E-state index in [1.807, 2.05) is 36.4 Å². The Morgan fingerprint density at radius 3 is 2.52 bits per heavy atom. The van der Waals surface area contributed by atoms with E-state index < -0.39 is 0 Å². The molecule has 1 aliphatic heterocycles. The summed E-state index contributed by atoms with van der Waals surface area (Å²) in [6.45, 7) is 6.08. The predicted molar refractivity (Wildman–Crippen MR) is 96.4 cm³/mol. The van der Waals surface area contributed by atoms with Crippen molar-refractivity contribution in [1.29, 1.82) is 0 Å². The third-order valence-electron chi connectivity index (χ3n) is 4.00. The highest BCUT2D eigenvalue weighted by Gasteiger charge is 2.22. The SMILES string of the molecule is CCC.COc1ccc2cc(C(=O)C3CCCNC3)ccc2c1. The summed E-state index contributed by atoms with van der Waals surface area (Å²) in [6, 6.07) is 11.8. The maximum absolute atomic E-state index is 12.5. The van der Waals surface area contributed by atoms with Crippen LogP contribution >= 0.6 is 0 Å². The summed E-state index contributed by atoms with van der Waals surface area (Å²) in [5, 5.41) is 5.48. The topological polar surface area (TPSA) is 38.3 Å². The van der Waals surface area contributed by atoms with Crippen LogP contribution in [0.3, 0.4) is 0 Å². The molecule has 3 nitrogen and oxygen atoms in total. The first-order valence-corrected chi connectivity index (χ1v) is 8.52. The molecule has 0 aromatic heterocycles. The highest BCUT2D eigenvalue weighted by Crippen LogP contribution is 2.24. The third kappa shape index (κ3) is 4.55. The first-order chi connectivity index (χ1) is 11.2. The molecule has 3 rings (SSSR count). The minimum atomic E-state index is 0.124. The van der Waals surface area contributed by atoms with Gasteiger partial charge in [-0.15, -0.1) is 0 Å². The molecule has 0 amide bonds. The zero-order valence-corrected chi connectivity index (χ0v) is 14.4. The van der Waals surface area contributed by atoms with Crippen molar-refractivity contribution in [2.24, 2.45) is 5.92 Å². The Morgan fingerprint density at radius 2 is 1.87 bits per heavy atom. The summed E-state index contributed by atoms with van der Waals surface area (Å²) in [6.07, 6.45) is 3.33. The fraction of sp³-hybridized carbons (Fsp3) is 0.450. The van der Waals surface area contributed by atoms with Gasteiger partial charge in [0, 0.05) is 18.0 Å². The first-order valence-electron chi connectivity index (χ1n) is 8.52. The molecule has 3 heteroatoms. The molecule has 0 bridgehead atoms. The van der Waals surface area contributed by atoms with Gasteiger partial charge in [-0.05, 0) is 48.4 Å². The second-order valence-electron chi connectivity index (χ2n) is 6.04. The zero-order chi connectivity index (χ0) is 16.7. The maximum Gasteiger partial charge on any atom is 0.167 e. The van der Waals surface area contributed by atoms with Crippen LogP contribution in [0.1, 0.15) is 43.5 Å². The van der Waals surface area contributed by atoms with E-state index in [9.17, 15) is 4.79 Å². The van der Waals surface area contributed by atoms with E-state index >= 15 is 0 Å². The molecule has 1 saturated heterocycles. The fourth-order valence-corrected chi connectivity index (χ4v) is 2.82. The standard InChI is InChI=1S/C17H19NO2.C3H8/c1-20-16-7-6-12-9-14(5-4-13(12)10-16)17(19)15-3-2-8-18-11-15;1-3-2/h4-7,9-10,15,18H,2-3,8,11H2,1H3;3H2,1-2H3. The number of methoxy groups -OCH3 is 1. The van der Waals surface area contributed by atoms with E-state index in [-0.39, 0.29) is 11.7 Å². The summed E-state index contributed by atoms with van der Waals surface area (Å²) in [4.78, 5) is 12.5. The molecule has 2 aromatic carbocycles. The number of hydrogen-bond acceptors (Lipinski definition) is 3. The second kappa shape index (κ2) is 8.68. The van der Waals surface area contributed by atoms with Crippen molar-refractivity contribution in [3.05, 3.63) is 42.0 Å². The Bertz CT molecular complexity index is 645. The maximum atomic E-state index is 12.5. The van der Waals surface area contributed by atoms with Gasteiger partial charge in [0.05, 0.1) is 7.11 Å². The van der Waals surface area contributed by atoms with Gasteiger partial charge in [-0.25, -0.2) is 0 Å². The lowest BCUT2D eigenvalue weighted by atomic mass is 9.90. The highest BCUT2D eigenvalue weighted by molar-refractivity contribution is 6.01. The molecule has 23 heavy (non-hydrogen) atoms. The fourth-order valence-electron chi connectivity index (χ4n) is 2.82. The average Bonchev–Trinajstić information content (AvgIpc) is 2.61. The van der Waals surface area contributed by atoms with Gasteiger partial charge in [0.25, 0.3) is 0 Å². The predicted octanol–water partition coefficient (Wildman–Crippen LogP) is 4.45. The normalized spacial score (nSPS) is 17.3. The number of benzene rings is 2. The molecule has 2 aromatic rings. The smallest absolute Gasteiger partial charge is 0.167 e. The van der Waals surface area contributed by atoms with Gasteiger partial charge in [-0.3, -0.25) is 4.79 Å². The molecule has 1 aliphatic rings. The van der Waals surface area contributed by atoms with Crippen LogP contribution in [0.5, 0.6) is 5.75 Å². The van der Waals surface area contributed by atoms with E-state index in [1.165, 1.54) is 6.42 Å². The number of nitrogens with one attached hydrogen (secondary N) is 1. The minimum absolute atomic E-state index is 0.124. The molecule has 0 spiro atoms. The van der Waals surface area contributed by atoms with E-state index in [1.54, 1.807) is 7.11 Å². The molecular weight excluding hydrogens is 286 g/mol. The third-order valence-corrected chi connectivity index (χ3v) is 4.00.